The third kappa shape index (κ3) is 2.05. The molecule has 0 saturated carbocycles. The van der Waals surface area contributed by atoms with Crippen molar-refractivity contribution in [2.45, 2.75) is 26.8 Å². The minimum absolute atomic E-state index is 0.519. The van der Waals surface area contributed by atoms with E-state index in [0.717, 1.165) is 17.7 Å². The van der Waals surface area contributed by atoms with Gasteiger partial charge < -0.3 is 10.3 Å². The van der Waals surface area contributed by atoms with Gasteiger partial charge in [0.2, 0.25) is 0 Å². The summed E-state index contributed by atoms with van der Waals surface area (Å²) in [4.78, 5) is 0. The SMILES string of the molecule is CC(C)Cc1oncc1CN. The van der Waals surface area contributed by atoms with Crippen molar-refractivity contribution in [1.82, 2.24) is 5.16 Å². The first kappa shape index (κ1) is 8.27. The van der Waals surface area contributed by atoms with E-state index in [0.29, 0.717) is 12.5 Å². The van der Waals surface area contributed by atoms with Gasteiger partial charge in [-0.05, 0) is 5.92 Å². The van der Waals surface area contributed by atoms with Crippen molar-refractivity contribution in [3.63, 3.8) is 0 Å². The normalized spacial score (nSPS) is 10.9. The van der Waals surface area contributed by atoms with Gasteiger partial charge in [0, 0.05) is 18.5 Å². The second-order valence-electron chi connectivity index (χ2n) is 3.08. The predicted octanol–water partition coefficient (Wildman–Crippen LogP) is 1.33. The molecule has 2 N–H and O–H groups in total. The Morgan fingerprint density at radius 3 is 2.91 bits per heavy atom. The van der Waals surface area contributed by atoms with Crippen LogP contribution in [0.5, 0.6) is 0 Å². The van der Waals surface area contributed by atoms with Gasteiger partial charge in [0.1, 0.15) is 5.76 Å². The van der Waals surface area contributed by atoms with Crippen LogP contribution in [0.15, 0.2) is 10.7 Å². The molecule has 0 radical (unpaired) electrons. The highest BCUT2D eigenvalue weighted by Gasteiger charge is 2.07. The maximum absolute atomic E-state index is 5.47. The lowest BCUT2D eigenvalue weighted by Gasteiger charge is -2.00. The van der Waals surface area contributed by atoms with E-state index in [1.807, 2.05) is 0 Å². The topological polar surface area (TPSA) is 52.0 Å². The molecule has 0 amide bonds. The molecule has 0 aliphatic heterocycles. The van der Waals surface area contributed by atoms with Crippen molar-refractivity contribution < 1.29 is 4.52 Å². The standard InChI is InChI=1S/C8H14N2O/c1-6(2)3-8-7(4-9)5-10-11-8/h5-6H,3-4,9H2,1-2H3. The molecule has 3 heteroatoms. The van der Waals surface area contributed by atoms with Crippen molar-refractivity contribution >= 4 is 0 Å². The summed E-state index contributed by atoms with van der Waals surface area (Å²) in [6.07, 6.45) is 2.62. The van der Waals surface area contributed by atoms with Crippen LogP contribution in [0, 0.1) is 5.92 Å². The number of nitrogens with zero attached hydrogens (tertiary/aromatic N) is 1. The molecule has 0 bridgehead atoms. The number of hydrogen-bond donors (Lipinski definition) is 1. The third-order valence-electron chi connectivity index (χ3n) is 1.54. The van der Waals surface area contributed by atoms with Crippen molar-refractivity contribution in [2.75, 3.05) is 0 Å². The minimum atomic E-state index is 0.519. The molecule has 0 spiro atoms. The van der Waals surface area contributed by atoms with Gasteiger partial charge in [-0.25, -0.2) is 0 Å². The fourth-order valence-electron chi connectivity index (χ4n) is 0.990. The average molecular weight is 154 g/mol. The molecular weight excluding hydrogens is 140 g/mol. The van der Waals surface area contributed by atoms with E-state index in [1.54, 1.807) is 6.20 Å². The summed E-state index contributed by atoms with van der Waals surface area (Å²) >= 11 is 0. The maximum atomic E-state index is 5.47. The molecular formula is C8H14N2O. The number of aromatic nitrogens is 1. The fourth-order valence-corrected chi connectivity index (χ4v) is 0.990. The van der Waals surface area contributed by atoms with Crippen LogP contribution >= 0.6 is 0 Å². The quantitative estimate of drug-likeness (QED) is 0.714. The highest BCUT2D eigenvalue weighted by Crippen LogP contribution is 2.12. The van der Waals surface area contributed by atoms with Crippen molar-refractivity contribution in [1.29, 1.82) is 0 Å². The van der Waals surface area contributed by atoms with E-state index >= 15 is 0 Å². The Balaban J connectivity index is 2.68. The van der Waals surface area contributed by atoms with Crippen LogP contribution < -0.4 is 5.73 Å². The van der Waals surface area contributed by atoms with E-state index in [-0.39, 0.29) is 0 Å². The maximum Gasteiger partial charge on any atom is 0.141 e. The molecule has 1 heterocycles. The van der Waals surface area contributed by atoms with Crippen LogP contribution in [0.4, 0.5) is 0 Å². The predicted molar refractivity (Wildman–Crippen MR) is 42.9 cm³/mol. The highest BCUT2D eigenvalue weighted by molar-refractivity contribution is 5.12. The van der Waals surface area contributed by atoms with Gasteiger partial charge in [0.05, 0.1) is 6.20 Å². The Kier molecular flexibility index (Phi) is 2.65. The fraction of sp³-hybridized carbons (Fsp3) is 0.625. The molecule has 3 nitrogen and oxygen atoms in total. The highest BCUT2D eigenvalue weighted by atomic mass is 16.5. The third-order valence-corrected chi connectivity index (χ3v) is 1.54. The number of nitrogens with two attached hydrogens (primary N) is 1. The van der Waals surface area contributed by atoms with E-state index in [9.17, 15) is 0 Å². The molecule has 1 aromatic rings. The Labute approximate surface area is 66.6 Å². The zero-order valence-corrected chi connectivity index (χ0v) is 7.00. The van der Waals surface area contributed by atoms with Crippen LogP contribution in [0.2, 0.25) is 0 Å². The van der Waals surface area contributed by atoms with Crippen LogP contribution in [0.3, 0.4) is 0 Å². The van der Waals surface area contributed by atoms with Gasteiger partial charge in [-0.2, -0.15) is 0 Å². The van der Waals surface area contributed by atoms with Crippen molar-refractivity contribution in [2.24, 2.45) is 11.7 Å². The monoisotopic (exact) mass is 154 g/mol. The zero-order chi connectivity index (χ0) is 8.27. The molecule has 0 aromatic carbocycles. The minimum Gasteiger partial charge on any atom is -0.361 e. The van der Waals surface area contributed by atoms with Crippen LogP contribution in [0.1, 0.15) is 25.2 Å². The number of rotatable bonds is 3. The first-order valence-electron chi connectivity index (χ1n) is 3.86. The first-order chi connectivity index (χ1) is 5.24. The molecule has 0 unspecified atom stereocenters. The van der Waals surface area contributed by atoms with Gasteiger partial charge in [-0.3, -0.25) is 0 Å². The second-order valence-corrected chi connectivity index (χ2v) is 3.08. The van der Waals surface area contributed by atoms with Crippen molar-refractivity contribution in [3.8, 4) is 0 Å². The summed E-state index contributed by atoms with van der Waals surface area (Å²) in [7, 11) is 0. The summed E-state index contributed by atoms with van der Waals surface area (Å²) < 4.78 is 5.04. The average Bonchev–Trinajstić information content (AvgIpc) is 2.34. The molecule has 1 aromatic heterocycles. The van der Waals surface area contributed by atoms with Gasteiger partial charge in [-0.15, -0.1) is 0 Å². The van der Waals surface area contributed by atoms with Gasteiger partial charge in [0.25, 0.3) is 0 Å². The lowest BCUT2D eigenvalue weighted by molar-refractivity contribution is 0.367. The summed E-state index contributed by atoms with van der Waals surface area (Å²) in [6, 6.07) is 0. The van der Waals surface area contributed by atoms with E-state index in [4.69, 9.17) is 10.3 Å². The number of hydrogen-bond acceptors (Lipinski definition) is 3. The Morgan fingerprint density at radius 1 is 1.64 bits per heavy atom. The Hall–Kier alpha value is -0.830. The molecule has 62 valence electrons. The van der Waals surface area contributed by atoms with E-state index in [1.165, 1.54) is 0 Å². The lowest BCUT2D eigenvalue weighted by atomic mass is 10.1. The van der Waals surface area contributed by atoms with Crippen LogP contribution in [0.25, 0.3) is 0 Å². The van der Waals surface area contributed by atoms with Gasteiger partial charge in [0.15, 0.2) is 0 Å². The summed E-state index contributed by atoms with van der Waals surface area (Å²) in [5.74, 6) is 1.52. The Bertz CT molecular complexity index is 218. The van der Waals surface area contributed by atoms with Gasteiger partial charge >= 0.3 is 0 Å². The molecule has 0 atom stereocenters. The largest absolute Gasteiger partial charge is 0.361 e. The van der Waals surface area contributed by atoms with Gasteiger partial charge in [-0.1, -0.05) is 19.0 Å². The second kappa shape index (κ2) is 3.53. The summed E-state index contributed by atoms with van der Waals surface area (Å²) in [5, 5.41) is 3.69. The van der Waals surface area contributed by atoms with Crippen molar-refractivity contribution in [3.05, 3.63) is 17.5 Å². The molecule has 1 rings (SSSR count). The molecule has 11 heavy (non-hydrogen) atoms. The molecule has 0 saturated heterocycles. The van der Waals surface area contributed by atoms with Crippen LogP contribution in [-0.4, -0.2) is 5.16 Å². The molecule has 0 fully saturated rings. The van der Waals surface area contributed by atoms with E-state index in [2.05, 4.69) is 19.0 Å². The smallest absolute Gasteiger partial charge is 0.141 e. The lowest BCUT2D eigenvalue weighted by Crippen LogP contribution is -2.01. The van der Waals surface area contributed by atoms with E-state index < -0.39 is 0 Å². The first-order valence-corrected chi connectivity index (χ1v) is 3.86. The Morgan fingerprint density at radius 2 is 2.36 bits per heavy atom. The summed E-state index contributed by atoms with van der Waals surface area (Å²) in [5.41, 5.74) is 6.50. The van der Waals surface area contributed by atoms with Crippen LogP contribution in [-0.2, 0) is 13.0 Å². The zero-order valence-electron chi connectivity index (χ0n) is 7.00. The molecule has 0 aliphatic carbocycles. The molecule has 0 aliphatic rings. The summed E-state index contributed by atoms with van der Waals surface area (Å²) in [6.45, 7) is 4.80.